The molecule has 0 aromatic rings. The lowest BCUT2D eigenvalue weighted by Crippen LogP contribution is -2.69. The summed E-state index contributed by atoms with van der Waals surface area (Å²) in [4.78, 5) is 26.1. The molecule has 0 amide bonds. The summed E-state index contributed by atoms with van der Waals surface area (Å²) >= 11 is 0. The molecule has 4 heterocycles. The smallest absolute Gasteiger partial charge is 0.331 e. The lowest BCUT2D eigenvalue weighted by molar-refractivity contribution is -0.251. The predicted octanol–water partition coefficient (Wildman–Crippen LogP) is 1.60. The van der Waals surface area contributed by atoms with Crippen LogP contribution in [0.1, 0.15) is 53.4 Å². The number of hydrogen-bond acceptors (Lipinski definition) is 10. The van der Waals surface area contributed by atoms with Gasteiger partial charge in [-0.25, -0.2) is 4.79 Å². The summed E-state index contributed by atoms with van der Waals surface area (Å²) in [6.45, 7) is 8.04. The second kappa shape index (κ2) is 9.36. The van der Waals surface area contributed by atoms with E-state index in [9.17, 15) is 19.8 Å². The quantitative estimate of drug-likeness (QED) is 0.367. The molecule has 10 nitrogen and oxygen atoms in total. The van der Waals surface area contributed by atoms with Gasteiger partial charge in [0.25, 0.3) is 0 Å². The van der Waals surface area contributed by atoms with E-state index in [1.165, 1.54) is 6.08 Å². The van der Waals surface area contributed by atoms with Gasteiger partial charge in [-0.3, -0.25) is 4.79 Å². The van der Waals surface area contributed by atoms with Crippen LogP contribution in [0.2, 0.25) is 0 Å². The average Bonchev–Trinajstić information content (AvgIpc) is 3.79. The Balaban J connectivity index is 1.35. The highest BCUT2D eigenvalue weighted by Crippen LogP contribution is 2.75. The van der Waals surface area contributed by atoms with Crippen molar-refractivity contribution in [1.82, 2.24) is 0 Å². The second-order valence-electron chi connectivity index (χ2n) is 12.8. The van der Waals surface area contributed by atoms with E-state index >= 15 is 0 Å². The van der Waals surface area contributed by atoms with E-state index in [-0.39, 0.29) is 43.5 Å². The van der Waals surface area contributed by atoms with Crippen LogP contribution in [0.5, 0.6) is 0 Å². The van der Waals surface area contributed by atoms with Gasteiger partial charge in [0.1, 0.15) is 30.5 Å². The van der Waals surface area contributed by atoms with Crippen molar-refractivity contribution in [3.05, 3.63) is 24.3 Å². The first-order valence-electron chi connectivity index (χ1n) is 14.1. The van der Waals surface area contributed by atoms with Crippen molar-refractivity contribution in [2.45, 2.75) is 107 Å². The lowest BCUT2D eigenvalue weighted by Gasteiger charge is -2.58. The van der Waals surface area contributed by atoms with Crippen molar-refractivity contribution in [3.8, 4) is 0 Å². The number of ether oxygens (including phenoxy) is 6. The number of fused-ring (bicyclic) bond motifs is 2. The van der Waals surface area contributed by atoms with Crippen LogP contribution >= 0.6 is 0 Å². The molecule has 2 spiro atoms. The highest BCUT2D eigenvalue weighted by molar-refractivity contribution is 5.82. The van der Waals surface area contributed by atoms with Gasteiger partial charge in [0.2, 0.25) is 0 Å². The van der Waals surface area contributed by atoms with Gasteiger partial charge < -0.3 is 38.6 Å². The van der Waals surface area contributed by atoms with Crippen LogP contribution in [0.3, 0.4) is 0 Å². The fourth-order valence-electron chi connectivity index (χ4n) is 7.73. The summed E-state index contributed by atoms with van der Waals surface area (Å²) in [5.74, 6) is -1.36. The van der Waals surface area contributed by atoms with Crippen LogP contribution in [-0.4, -0.2) is 95.9 Å². The maximum Gasteiger partial charge on any atom is 0.331 e. The normalized spacial score (nSPS) is 53.7. The topological polar surface area (TPSA) is 137 Å². The minimum Gasteiger partial charge on any atom is -0.465 e. The Morgan fingerprint density at radius 3 is 2.56 bits per heavy atom. The fourth-order valence-corrected chi connectivity index (χ4v) is 7.73. The lowest BCUT2D eigenvalue weighted by atomic mass is 9.50. The molecule has 39 heavy (non-hydrogen) atoms. The van der Waals surface area contributed by atoms with E-state index in [4.69, 9.17) is 28.4 Å². The van der Waals surface area contributed by atoms with Crippen LogP contribution in [-0.2, 0) is 38.0 Å². The zero-order valence-electron chi connectivity index (χ0n) is 23.0. The van der Waals surface area contributed by atoms with Crippen molar-refractivity contribution >= 4 is 11.9 Å². The van der Waals surface area contributed by atoms with Gasteiger partial charge in [0, 0.05) is 17.9 Å². The molecule has 0 radical (unpaired) electrons. The number of epoxide rings is 2. The van der Waals surface area contributed by atoms with Gasteiger partial charge in [-0.1, -0.05) is 32.1 Å². The molecule has 2 bridgehead atoms. The first kappa shape index (κ1) is 27.4. The molecule has 216 valence electrons. The van der Waals surface area contributed by atoms with Crippen molar-refractivity contribution in [3.63, 3.8) is 0 Å². The van der Waals surface area contributed by atoms with E-state index in [0.29, 0.717) is 19.4 Å². The Labute approximate surface area is 228 Å². The van der Waals surface area contributed by atoms with Gasteiger partial charge in [-0.15, -0.1) is 0 Å². The van der Waals surface area contributed by atoms with Crippen LogP contribution in [0, 0.1) is 16.7 Å². The van der Waals surface area contributed by atoms with Crippen LogP contribution < -0.4 is 0 Å². The molecule has 5 fully saturated rings. The standard InChI is InChI=1S/C29H40O10/c1-16-11-23(33)35-14-28-10-9-26(3)24(39-26)25(28)38-21-12-20(27(28,4)29(21)15-36-29)37-22(32)8-6-5-7-19(17(2)30)34-13-18(16)31/h5-8,16-21,24-25,30-31H,9-15H2,1-4H3/b7-5+,8-6-/t16-,17-,18+,19+,20+,21+,24-,25+,26+,27+,28-,29-/m0/s1. The highest BCUT2D eigenvalue weighted by atomic mass is 16.7. The minimum absolute atomic E-state index is 0.00108. The summed E-state index contributed by atoms with van der Waals surface area (Å²) in [6.07, 6.45) is 4.37. The number of aliphatic hydroxyl groups excluding tert-OH is 2. The largest absolute Gasteiger partial charge is 0.465 e. The molecule has 6 rings (SSSR count). The molecule has 0 aromatic carbocycles. The molecule has 12 atom stereocenters. The van der Waals surface area contributed by atoms with Gasteiger partial charge in [-0.2, -0.15) is 0 Å². The number of cyclic esters (lactones) is 1. The molecular weight excluding hydrogens is 508 g/mol. The predicted molar refractivity (Wildman–Crippen MR) is 135 cm³/mol. The summed E-state index contributed by atoms with van der Waals surface area (Å²) in [6, 6.07) is 0. The Bertz CT molecular complexity index is 1070. The molecule has 3 saturated heterocycles. The van der Waals surface area contributed by atoms with E-state index in [2.05, 4.69) is 13.8 Å². The SMILES string of the molecule is C[C@H](O)[C@H]1/C=C/C=C\C(=O)O[C@@H]2C[C@H]3O[C@@H]4[C@@H]5O[C@]5(C)CC[C@@]4(COC(=O)C[C@H](C)[C@H](O)CO1)[C@]2(C)[C@]31CO1. The zero-order valence-corrected chi connectivity index (χ0v) is 23.0. The van der Waals surface area contributed by atoms with Crippen molar-refractivity contribution in [1.29, 1.82) is 0 Å². The number of hydrogen-bond donors (Lipinski definition) is 2. The first-order chi connectivity index (χ1) is 18.5. The highest BCUT2D eigenvalue weighted by Gasteiger charge is 2.86. The van der Waals surface area contributed by atoms with E-state index in [1.807, 2.05) is 0 Å². The third-order valence-electron chi connectivity index (χ3n) is 10.6. The van der Waals surface area contributed by atoms with E-state index < -0.39 is 58.7 Å². The van der Waals surface area contributed by atoms with Crippen molar-refractivity contribution in [2.24, 2.45) is 16.7 Å². The van der Waals surface area contributed by atoms with Crippen molar-refractivity contribution < 1.29 is 48.2 Å². The Kier molecular flexibility index (Phi) is 6.56. The van der Waals surface area contributed by atoms with Crippen molar-refractivity contribution in [2.75, 3.05) is 19.8 Å². The van der Waals surface area contributed by atoms with E-state index in [1.54, 1.807) is 32.1 Å². The molecule has 0 aromatic heterocycles. The Morgan fingerprint density at radius 1 is 1.08 bits per heavy atom. The fraction of sp³-hybridized carbons (Fsp3) is 0.793. The molecule has 2 aliphatic carbocycles. The third-order valence-corrected chi connectivity index (χ3v) is 10.6. The van der Waals surface area contributed by atoms with Crippen LogP contribution in [0.4, 0.5) is 0 Å². The first-order valence-corrected chi connectivity index (χ1v) is 14.1. The third kappa shape index (κ3) is 4.13. The Hall–Kier alpha value is -1.82. The molecule has 10 heteroatoms. The van der Waals surface area contributed by atoms with E-state index in [0.717, 1.165) is 6.42 Å². The second-order valence-corrected chi connectivity index (χ2v) is 12.8. The summed E-state index contributed by atoms with van der Waals surface area (Å²) in [5.41, 5.74) is -2.22. The zero-order chi connectivity index (χ0) is 27.8. The van der Waals surface area contributed by atoms with Gasteiger partial charge in [-0.05, 0) is 32.6 Å². The van der Waals surface area contributed by atoms with Gasteiger partial charge >= 0.3 is 11.9 Å². The monoisotopic (exact) mass is 548 g/mol. The molecule has 6 aliphatic rings. The number of rotatable bonds is 1. The number of esters is 2. The maximum atomic E-state index is 13.1. The van der Waals surface area contributed by atoms with Gasteiger partial charge in [0.15, 0.2) is 0 Å². The number of carbonyl (C=O) groups excluding carboxylic acids is 2. The average molecular weight is 549 g/mol. The summed E-state index contributed by atoms with van der Waals surface area (Å²) in [5, 5.41) is 20.7. The van der Waals surface area contributed by atoms with Crippen LogP contribution in [0.15, 0.2) is 24.3 Å². The molecule has 4 aliphatic heterocycles. The van der Waals surface area contributed by atoms with Gasteiger partial charge in [0.05, 0.1) is 55.1 Å². The molecular formula is C29H40O10. The molecule has 2 N–H and O–H groups in total. The number of carbonyl (C=O) groups is 2. The maximum absolute atomic E-state index is 13.1. The molecule has 2 saturated carbocycles. The number of allylic oxidation sites excluding steroid dienone is 2. The molecule has 0 unspecified atom stereocenters. The minimum atomic E-state index is -0.934. The van der Waals surface area contributed by atoms with Crippen LogP contribution in [0.25, 0.3) is 0 Å². The Morgan fingerprint density at radius 2 is 1.85 bits per heavy atom. The number of aliphatic hydroxyl groups is 2. The summed E-state index contributed by atoms with van der Waals surface area (Å²) in [7, 11) is 0. The summed E-state index contributed by atoms with van der Waals surface area (Å²) < 4.78 is 36.8.